The Labute approximate surface area is 146 Å². The lowest BCUT2D eigenvalue weighted by Gasteiger charge is -2.40. The van der Waals surface area contributed by atoms with Gasteiger partial charge in [0.25, 0.3) is 5.56 Å². The summed E-state index contributed by atoms with van der Waals surface area (Å²) in [6.07, 6.45) is 6.25. The molecule has 2 aromatic heterocycles. The number of anilines is 1. The highest BCUT2D eigenvalue weighted by Gasteiger charge is 2.28. The molecule has 0 amide bonds. The Morgan fingerprint density at radius 1 is 0.960 bits per heavy atom. The summed E-state index contributed by atoms with van der Waals surface area (Å²) < 4.78 is 3.22. The summed E-state index contributed by atoms with van der Waals surface area (Å²) >= 11 is 0. The van der Waals surface area contributed by atoms with Gasteiger partial charge in [0.2, 0.25) is 5.95 Å². The Hall–Kier alpha value is -2.09. The van der Waals surface area contributed by atoms with E-state index in [4.69, 9.17) is 0 Å². The van der Waals surface area contributed by atoms with Crippen molar-refractivity contribution in [3.63, 3.8) is 0 Å². The monoisotopic (exact) mass is 346 g/mol. The van der Waals surface area contributed by atoms with Crippen LogP contribution in [0.4, 0.5) is 5.95 Å². The number of nitrogens with one attached hydrogen (secondary N) is 1. The van der Waals surface area contributed by atoms with E-state index in [1.807, 2.05) is 11.6 Å². The largest absolute Gasteiger partial charge is 0.342 e. The molecule has 4 rings (SSSR count). The molecule has 4 heterocycles. The molecule has 1 N–H and O–H groups in total. The van der Waals surface area contributed by atoms with Gasteiger partial charge in [-0.2, -0.15) is 4.98 Å². The first kappa shape index (κ1) is 16.4. The van der Waals surface area contributed by atoms with Gasteiger partial charge in [-0.25, -0.2) is 4.79 Å². The average molecular weight is 346 g/mol. The number of rotatable bonds is 2. The molecule has 25 heavy (non-hydrogen) atoms. The van der Waals surface area contributed by atoms with Crippen LogP contribution in [0.1, 0.15) is 32.1 Å². The average Bonchev–Trinajstić information content (AvgIpc) is 2.99. The maximum atomic E-state index is 12.2. The minimum absolute atomic E-state index is 0.373. The van der Waals surface area contributed by atoms with Crippen LogP contribution in [0, 0.1) is 0 Å². The zero-order chi connectivity index (χ0) is 17.6. The van der Waals surface area contributed by atoms with Crippen molar-refractivity contribution in [2.24, 2.45) is 14.1 Å². The number of likely N-dealkylation sites (tertiary alicyclic amines) is 1. The zero-order valence-electron chi connectivity index (χ0n) is 15.0. The smallest absolute Gasteiger partial charge is 0.329 e. The number of nitrogens with zero attached hydrogens (tertiary/aromatic N) is 5. The van der Waals surface area contributed by atoms with Gasteiger partial charge in [-0.05, 0) is 38.8 Å². The summed E-state index contributed by atoms with van der Waals surface area (Å²) in [7, 11) is 3.49. The molecule has 2 aliphatic heterocycles. The number of aromatic nitrogens is 4. The van der Waals surface area contributed by atoms with Crippen LogP contribution in [-0.4, -0.2) is 56.2 Å². The first-order chi connectivity index (χ1) is 12.1. The Kier molecular flexibility index (Phi) is 4.15. The van der Waals surface area contributed by atoms with E-state index in [9.17, 15) is 9.59 Å². The molecule has 2 aliphatic rings. The second-order valence-corrected chi connectivity index (χ2v) is 7.28. The van der Waals surface area contributed by atoms with Gasteiger partial charge in [-0.1, -0.05) is 6.42 Å². The molecule has 0 spiro atoms. The number of fused-ring (bicyclic) bond motifs is 1. The lowest BCUT2D eigenvalue weighted by atomic mass is 10.0. The predicted molar refractivity (Wildman–Crippen MR) is 97.2 cm³/mol. The normalized spacial score (nSPS) is 20.5. The van der Waals surface area contributed by atoms with Crippen LogP contribution in [0.25, 0.3) is 11.2 Å². The molecule has 2 fully saturated rings. The van der Waals surface area contributed by atoms with Crippen molar-refractivity contribution in [1.82, 2.24) is 24.0 Å². The van der Waals surface area contributed by atoms with Crippen LogP contribution in [0.2, 0.25) is 0 Å². The molecule has 136 valence electrons. The Bertz CT molecular complexity index is 881. The number of H-pyrrole nitrogens is 1. The van der Waals surface area contributed by atoms with Crippen LogP contribution in [0.5, 0.6) is 0 Å². The van der Waals surface area contributed by atoms with Crippen LogP contribution in [0.15, 0.2) is 9.59 Å². The number of aromatic amines is 1. The molecule has 0 bridgehead atoms. The molecule has 0 unspecified atom stereocenters. The van der Waals surface area contributed by atoms with E-state index in [-0.39, 0.29) is 5.56 Å². The van der Waals surface area contributed by atoms with Crippen molar-refractivity contribution >= 4 is 17.1 Å². The number of hydrogen-bond acceptors (Lipinski definition) is 5. The van der Waals surface area contributed by atoms with Crippen molar-refractivity contribution in [2.45, 2.75) is 38.1 Å². The molecule has 0 radical (unpaired) electrons. The number of piperidine rings is 2. The van der Waals surface area contributed by atoms with Gasteiger partial charge in [-0.15, -0.1) is 0 Å². The molecule has 0 aliphatic carbocycles. The molecule has 0 atom stereocenters. The summed E-state index contributed by atoms with van der Waals surface area (Å²) in [6.45, 7) is 4.33. The van der Waals surface area contributed by atoms with Crippen molar-refractivity contribution in [2.75, 3.05) is 31.1 Å². The van der Waals surface area contributed by atoms with Crippen molar-refractivity contribution in [3.8, 4) is 0 Å². The molecule has 8 heteroatoms. The van der Waals surface area contributed by atoms with Gasteiger partial charge in [0.05, 0.1) is 0 Å². The third kappa shape index (κ3) is 2.78. The predicted octanol–water partition coefficient (Wildman–Crippen LogP) is 0.415. The van der Waals surface area contributed by atoms with Gasteiger partial charge in [-0.3, -0.25) is 14.3 Å². The van der Waals surface area contributed by atoms with E-state index < -0.39 is 5.69 Å². The van der Waals surface area contributed by atoms with E-state index in [0.29, 0.717) is 17.2 Å². The lowest BCUT2D eigenvalue weighted by molar-refractivity contribution is 0.141. The molecule has 0 aromatic carbocycles. The van der Waals surface area contributed by atoms with Crippen molar-refractivity contribution in [3.05, 3.63) is 20.8 Å². The maximum absolute atomic E-state index is 12.2. The maximum Gasteiger partial charge on any atom is 0.329 e. The van der Waals surface area contributed by atoms with E-state index in [1.165, 1.54) is 36.9 Å². The minimum Gasteiger partial charge on any atom is -0.342 e. The van der Waals surface area contributed by atoms with Crippen LogP contribution >= 0.6 is 0 Å². The fourth-order valence-corrected chi connectivity index (χ4v) is 4.29. The molecule has 2 aromatic rings. The van der Waals surface area contributed by atoms with E-state index >= 15 is 0 Å². The molecule has 2 saturated heterocycles. The van der Waals surface area contributed by atoms with Gasteiger partial charge < -0.3 is 14.4 Å². The third-order valence-electron chi connectivity index (χ3n) is 5.77. The summed E-state index contributed by atoms with van der Waals surface area (Å²) in [5.41, 5.74) is 0.105. The summed E-state index contributed by atoms with van der Waals surface area (Å²) in [6, 6.07) is 0.666. The summed E-state index contributed by atoms with van der Waals surface area (Å²) in [5.74, 6) is 0.777. The van der Waals surface area contributed by atoms with E-state index in [0.717, 1.165) is 31.9 Å². The highest BCUT2D eigenvalue weighted by molar-refractivity contribution is 5.74. The lowest BCUT2D eigenvalue weighted by Crippen LogP contribution is -2.47. The SMILES string of the molecule is Cn1c(N2CCC(N3CCCCC3)CC2)nc2c1c(=O)[nH]c(=O)n2C. The molecular formula is C17H26N6O2. The van der Waals surface area contributed by atoms with Crippen LogP contribution < -0.4 is 16.1 Å². The minimum atomic E-state index is -0.425. The second kappa shape index (κ2) is 6.33. The number of hydrogen-bond donors (Lipinski definition) is 1. The zero-order valence-corrected chi connectivity index (χ0v) is 15.0. The summed E-state index contributed by atoms with van der Waals surface area (Å²) in [5, 5.41) is 0. The topological polar surface area (TPSA) is 79.2 Å². The Balaban J connectivity index is 1.58. The van der Waals surface area contributed by atoms with E-state index in [1.54, 1.807) is 7.05 Å². The highest BCUT2D eigenvalue weighted by Crippen LogP contribution is 2.25. The third-order valence-corrected chi connectivity index (χ3v) is 5.77. The Morgan fingerprint density at radius 2 is 1.64 bits per heavy atom. The van der Waals surface area contributed by atoms with Crippen molar-refractivity contribution < 1.29 is 0 Å². The number of imidazole rings is 1. The molecule has 8 nitrogen and oxygen atoms in total. The second-order valence-electron chi connectivity index (χ2n) is 7.28. The Morgan fingerprint density at radius 3 is 2.32 bits per heavy atom. The fourth-order valence-electron chi connectivity index (χ4n) is 4.29. The highest BCUT2D eigenvalue weighted by atomic mass is 16.2. The van der Waals surface area contributed by atoms with Gasteiger partial charge in [0.1, 0.15) is 0 Å². The number of aryl methyl sites for hydroxylation is 2. The van der Waals surface area contributed by atoms with Gasteiger partial charge in [0, 0.05) is 33.2 Å². The van der Waals surface area contributed by atoms with E-state index in [2.05, 4.69) is 19.8 Å². The summed E-state index contributed by atoms with van der Waals surface area (Å²) in [4.78, 5) is 35.8. The molecular weight excluding hydrogens is 320 g/mol. The quantitative estimate of drug-likeness (QED) is 0.852. The van der Waals surface area contributed by atoms with Gasteiger partial charge in [0.15, 0.2) is 11.2 Å². The molecule has 0 saturated carbocycles. The van der Waals surface area contributed by atoms with Gasteiger partial charge >= 0.3 is 5.69 Å². The standard InChI is InChI=1S/C17H26N6O2/c1-20-13-14(21(2)17(25)19-15(13)24)18-16(20)23-10-6-12(7-11-23)22-8-4-3-5-9-22/h12H,3-11H2,1-2H3,(H,19,24,25). The fraction of sp³-hybridized carbons (Fsp3) is 0.706. The van der Waals surface area contributed by atoms with Crippen LogP contribution in [-0.2, 0) is 14.1 Å². The first-order valence-electron chi connectivity index (χ1n) is 9.21. The van der Waals surface area contributed by atoms with Crippen molar-refractivity contribution in [1.29, 1.82) is 0 Å². The first-order valence-corrected chi connectivity index (χ1v) is 9.21. The van der Waals surface area contributed by atoms with Crippen LogP contribution in [0.3, 0.4) is 0 Å².